The highest BCUT2D eigenvalue weighted by atomic mass is 19.1. The number of hydrogen-bond acceptors (Lipinski definition) is 6. The number of urea groups is 1. The number of nitrogens with one attached hydrogen (secondary N) is 1. The van der Waals surface area contributed by atoms with Crippen molar-refractivity contribution in [2.24, 2.45) is 0 Å². The predicted molar refractivity (Wildman–Crippen MR) is 99.1 cm³/mol. The summed E-state index contributed by atoms with van der Waals surface area (Å²) in [6.45, 7) is 1.46. The number of amides is 3. The standard InChI is InChI=1S/C20H17FN4O4/c1-20(13-5-9-15(28-2)10-6-13)18(26)25(19(27)22-20)11-16-23-24-17(29-16)12-3-7-14(21)8-4-12/h3-10H,11H2,1-2H3,(H,22,27). The zero-order valence-electron chi connectivity index (χ0n) is 15.7. The van der Waals surface area contributed by atoms with E-state index in [1.807, 2.05) is 0 Å². The maximum absolute atomic E-state index is 13.1. The molecule has 8 nitrogen and oxygen atoms in total. The van der Waals surface area contributed by atoms with E-state index in [-0.39, 0.29) is 24.1 Å². The molecule has 0 saturated carbocycles. The third kappa shape index (κ3) is 3.31. The summed E-state index contributed by atoms with van der Waals surface area (Å²) in [4.78, 5) is 26.5. The van der Waals surface area contributed by atoms with Gasteiger partial charge in [-0.15, -0.1) is 10.2 Å². The average Bonchev–Trinajstić information content (AvgIpc) is 3.28. The molecule has 29 heavy (non-hydrogen) atoms. The van der Waals surface area contributed by atoms with E-state index in [1.165, 1.54) is 24.3 Å². The van der Waals surface area contributed by atoms with Crippen molar-refractivity contribution >= 4 is 11.9 Å². The summed E-state index contributed by atoms with van der Waals surface area (Å²) in [6, 6.07) is 11.9. The van der Waals surface area contributed by atoms with Crippen molar-refractivity contribution in [1.82, 2.24) is 20.4 Å². The third-order valence-corrected chi connectivity index (χ3v) is 4.79. The van der Waals surface area contributed by atoms with Crippen LogP contribution in [0.5, 0.6) is 5.75 Å². The van der Waals surface area contributed by atoms with Gasteiger partial charge in [0.25, 0.3) is 5.91 Å². The average molecular weight is 396 g/mol. The van der Waals surface area contributed by atoms with Gasteiger partial charge in [0.2, 0.25) is 11.8 Å². The minimum Gasteiger partial charge on any atom is -0.497 e. The van der Waals surface area contributed by atoms with Crippen LogP contribution in [0.3, 0.4) is 0 Å². The Bertz CT molecular complexity index is 1060. The summed E-state index contributed by atoms with van der Waals surface area (Å²) < 4.78 is 23.7. The minimum atomic E-state index is -1.22. The topological polar surface area (TPSA) is 97.6 Å². The fraction of sp³-hybridized carbons (Fsp3) is 0.200. The number of benzene rings is 2. The number of methoxy groups -OCH3 is 1. The number of carbonyl (C=O) groups excluding carboxylic acids is 2. The maximum Gasteiger partial charge on any atom is 0.325 e. The summed E-state index contributed by atoms with van der Waals surface area (Å²) in [7, 11) is 1.55. The Hall–Kier alpha value is -3.75. The van der Waals surface area contributed by atoms with E-state index in [4.69, 9.17) is 9.15 Å². The summed E-state index contributed by atoms with van der Waals surface area (Å²) in [5.41, 5.74) is -0.0644. The lowest BCUT2D eigenvalue weighted by atomic mass is 9.92. The van der Waals surface area contributed by atoms with Gasteiger partial charge in [-0.25, -0.2) is 9.18 Å². The first kappa shape index (κ1) is 18.6. The lowest BCUT2D eigenvalue weighted by Crippen LogP contribution is -2.40. The minimum absolute atomic E-state index is 0.0896. The van der Waals surface area contributed by atoms with Gasteiger partial charge in [-0.1, -0.05) is 12.1 Å². The Morgan fingerprint density at radius 1 is 1.10 bits per heavy atom. The molecule has 1 aliphatic heterocycles. The van der Waals surface area contributed by atoms with Gasteiger partial charge in [0.15, 0.2) is 0 Å². The van der Waals surface area contributed by atoms with Crippen molar-refractivity contribution in [3.8, 4) is 17.2 Å². The Kier molecular flexibility index (Phi) is 4.50. The Morgan fingerprint density at radius 2 is 1.79 bits per heavy atom. The lowest BCUT2D eigenvalue weighted by Gasteiger charge is -2.22. The largest absolute Gasteiger partial charge is 0.497 e. The van der Waals surface area contributed by atoms with E-state index in [9.17, 15) is 14.0 Å². The molecule has 1 atom stereocenters. The zero-order chi connectivity index (χ0) is 20.6. The highest BCUT2D eigenvalue weighted by Crippen LogP contribution is 2.31. The summed E-state index contributed by atoms with van der Waals surface area (Å²) in [5, 5.41) is 10.5. The first-order valence-electron chi connectivity index (χ1n) is 8.77. The zero-order valence-corrected chi connectivity index (χ0v) is 15.7. The second-order valence-electron chi connectivity index (χ2n) is 6.68. The number of imide groups is 1. The normalized spacial score (nSPS) is 18.8. The van der Waals surface area contributed by atoms with E-state index >= 15 is 0 Å². The van der Waals surface area contributed by atoms with Gasteiger partial charge in [-0.05, 0) is 48.9 Å². The third-order valence-electron chi connectivity index (χ3n) is 4.79. The molecule has 3 aromatic rings. The van der Waals surface area contributed by atoms with E-state index < -0.39 is 17.5 Å². The van der Waals surface area contributed by atoms with E-state index in [0.717, 1.165) is 4.90 Å². The molecule has 1 aliphatic rings. The number of carbonyl (C=O) groups is 2. The molecule has 2 aromatic carbocycles. The van der Waals surface area contributed by atoms with E-state index in [0.29, 0.717) is 16.9 Å². The van der Waals surface area contributed by atoms with Crippen molar-refractivity contribution in [3.63, 3.8) is 0 Å². The van der Waals surface area contributed by atoms with Crippen LogP contribution in [0.15, 0.2) is 52.9 Å². The molecule has 1 unspecified atom stereocenters. The van der Waals surface area contributed by atoms with Crippen LogP contribution in [-0.4, -0.2) is 34.1 Å². The molecule has 0 bridgehead atoms. The van der Waals surface area contributed by atoms with Crippen LogP contribution < -0.4 is 10.1 Å². The molecule has 0 aliphatic carbocycles. The van der Waals surface area contributed by atoms with Gasteiger partial charge in [0, 0.05) is 5.56 Å². The van der Waals surface area contributed by atoms with Crippen LogP contribution in [-0.2, 0) is 16.9 Å². The number of ether oxygens (including phenoxy) is 1. The van der Waals surface area contributed by atoms with Crippen LogP contribution in [0.1, 0.15) is 18.4 Å². The number of nitrogens with zero attached hydrogens (tertiary/aromatic N) is 3. The van der Waals surface area contributed by atoms with Crippen molar-refractivity contribution < 1.29 is 23.1 Å². The van der Waals surface area contributed by atoms with E-state index in [1.54, 1.807) is 38.3 Å². The molecule has 1 aromatic heterocycles. The molecule has 1 fully saturated rings. The lowest BCUT2D eigenvalue weighted by molar-refractivity contribution is -0.131. The molecule has 3 amide bonds. The second kappa shape index (κ2) is 7.01. The molecule has 1 N–H and O–H groups in total. The summed E-state index contributed by atoms with van der Waals surface area (Å²) in [6.07, 6.45) is 0. The van der Waals surface area contributed by atoms with Crippen LogP contribution in [0.25, 0.3) is 11.5 Å². The smallest absolute Gasteiger partial charge is 0.325 e. The summed E-state index contributed by atoms with van der Waals surface area (Å²) >= 11 is 0. The van der Waals surface area contributed by atoms with Gasteiger partial charge in [0.05, 0.1) is 7.11 Å². The number of hydrogen-bond donors (Lipinski definition) is 1. The molecule has 9 heteroatoms. The predicted octanol–water partition coefficient (Wildman–Crippen LogP) is 2.85. The highest BCUT2D eigenvalue weighted by molar-refractivity contribution is 6.07. The Labute approximate surface area is 165 Å². The fourth-order valence-corrected chi connectivity index (χ4v) is 3.12. The van der Waals surface area contributed by atoms with Crippen molar-refractivity contribution in [2.75, 3.05) is 7.11 Å². The molecule has 2 heterocycles. The van der Waals surface area contributed by atoms with Gasteiger partial charge < -0.3 is 14.5 Å². The van der Waals surface area contributed by atoms with Crippen LogP contribution in [0.2, 0.25) is 0 Å². The molecule has 0 radical (unpaired) electrons. The number of rotatable bonds is 5. The van der Waals surface area contributed by atoms with E-state index in [2.05, 4.69) is 15.5 Å². The first-order valence-corrected chi connectivity index (χ1v) is 8.77. The Balaban J connectivity index is 1.54. The Morgan fingerprint density at radius 3 is 2.45 bits per heavy atom. The molecule has 0 spiro atoms. The molecule has 148 valence electrons. The molecule has 1 saturated heterocycles. The maximum atomic E-state index is 13.1. The van der Waals surface area contributed by atoms with Crippen LogP contribution >= 0.6 is 0 Å². The van der Waals surface area contributed by atoms with Gasteiger partial charge in [0.1, 0.15) is 23.7 Å². The van der Waals surface area contributed by atoms with Crippen LogP contribution in [0.4, 0.5) is 9.18 Å². The fourth-order valence-electron chi connectivity index (χ4n) is 3.12. The number of aromatic nitrogens is 2. The first-order chi connectivity index (χ1) is 13.9. The van der Waals surface area contributed by atoms with Gasteiger partial charge in [-0.2, -0.15) is 0 Å². The second-order valence-corrected chi connectivity index (χ2v) is 6.68. The van der Waals surface area contributed by atoms with Gasteiger partial charge in [-0.3, -0.25) is 9.69 Å². The SMILES string of the molecule is COc1ccc(C2(C)NC(=O)N(Cc3nnc(-c4ccc(F)cc4)o3)C2=O)cc1. The van der Waals surface area contributed by atoms with Crippen LogP contribution in [0, 0.1) is 5.82 Å². The quantitative estimate of drug-likeness (QED) is 0.666. The van der Waals surface area contributed by atoms with Gasteiger partial charge >= 0.3 is 6.03 Å². The van der Waals surface area contributed by atoms with Crippen molar-refractivity contribution in [2.45, 2.75) is 19.0 Å². The molecular formula is C20H17FN4O4. The molecular weight excluding hydrogens is 379 g/mol. The monoisotopic (exact) mass is 396 g/mol. The number of halogens is 1. The molecule has 4 rings (SSSR count). The summed E-state index contributed by atoms with van der Waals surface area (Å²) in [5.74, 6) is 0.0850. The highest BCUT2D eigenvalue weighted by Gasteiger charge is 2.49. The van der Waals surface area contributed by atoms with Crippen molar-refractivity contribution in [1.29, 1.82) is 0 Å². The van der Waals surface area contributed by atoms with Crippen molar-refractivity contribution in [3.05, 3.63) is 65.8 Å².